The Bertz CT molecular complexity index is 244. The van der Waals surface area contributed by atoms with E-state index >= 15 is 0 Å². The first-order valence-corrected chi connectivity index (χ1v) is 2.53. The summed E-state index contributed by atoms with van der Waals surface area (Å²) in [6.45, 7) is -0.312. The molecule has 0 saturated carbocycles. The number of aromatic amines is 1. The van der Waals surface area contributed by atoms with Gasteiger partial charge in [0, 0.05) is 0 Å². The van der Waals surface area contributed by atoms with E-state index in [-0.39, 0.29) is 18.2 Å². The van der Waals surface area contributed by atoms with E-state index < -0.39 is 4.92 Å². The van der Waals surface area contributed by atoms with E-state index in [1.165, 1.54) is 0 Å². The van der Waals surface area contributed by atoms with Gasteiger partial charge in [-0.1, -0.05) is 0 Å². The standard InChI is InChI=1S/C4H5N3O3/c8-2-3-5-1-4(6-3)7(9)10/h1,8H,2H2,(H,5,6). The Kier molecular flexibility index (Phi) is 1.63. The molecule has 0 aliphatic heterocycles. The minimum Gasteiger partial charge on any atom is -0.386 e. The Morgan fingerprint density at radius 3 is 2.90 bits per heavy atom. The normalized spacial score (nSPS) is 9.70. The van der Waals surface area contributed by atoms with Crippen LogP contribution in [-0.4, -0.2) is 20.0 Å². The van der Waals surface area contributed by atoms with Crippen molar-refractivity contribution in [1.29, 1.82) is 0 Å². The SMILES string of the molecule is O=[N+]([O-])c1cnc(CO)[nH]1. The molecule has 0 amide bonds. The molecule has 6 nitrogen and oxygen atoms in total. The molecular weight excluding hydrogens is 138 g/mol. The average molecular weight is 143 g/mol. The Morgan fingerprint density at radius 1 is 1.90 bits per heavy atom. The zero-order chi connectivity index (χ0) is 7.56. The van der Waals surface area contributed by atoms with Gasteiger partial charge in [0.15, 0.2) is 0 Å². The zero-order valence-electron chi connectivity index (χ0n) is 4.94. The summed E-state index contributed by atoms with van der Waals surface area (Å²) < 4.78 is 0. The molecule has 0 saturated heterocycles. The first-order valence-electron chi connectivity index (χ1n) is 2.53. The van der Waals surface area contributed by atoms with Gasteiger partial charge in [0.1, 0.15) is 12.8 Å². The third kappa shape index (κ3) is 1.11. The summed E-state index contributed by atoms with van der Waals surface area (Å²) in [5.41, 5.74) is 0. The minimum atomic E-state index is -0.605. The van der Waals surface area contributed by atoms with Gasteiger partial charge in [-0.25, -0.2) is 9.97 Å². The van der Waals surface area contributed by atoms with Crippen molar-refractivity contribution in [2.45, 2.75) is 6.61 Å². The maximum Gasteiger partial charge on any atom is 0.340 e. The topological polar surface area (TPSA) is 92.1 Å². The van der Waals surface area contributed by atoms with Crippen LogP contribution in [0.3, 0.4) is 0 Å². The van der Waals surface area contributed by atoms with Crippen molar-refractivity contribution >= 4 is 5.82 Å². The highest BCUT2D eigenvalue weighted by Gasteiger charge is 2.07. The lowest BCUT2D eigenvalue weighted by Crippen LogP contribution is -1.88. The highest BCUT2D eigenvalue weighted by atomic mass is 16.6. The van der Waals surface area contributed by atoms with E-state index in [1.54, 1.807) is 0 Å². The Morgan fingerprint density at radius 2 is 2.60 bits per heavy atom. The van der Waals surface area contributed by atoms with Crippen LogP contribution < -0.4 is 0 Å². The maximum atomic E-state index is 9.98. The number of rotatable bonds is 2. The van der Waals surface area contributed by atoms with Gasteiger partial charge < -0.3 is 15.2 Å². The van der Waals surface area contributed by atoms with Gasteiger partial charge in [-0.05, 0) is 4.92 Å². The van der Waals surface area contributed by atoms with Crippen LogP contribution in [-0.2, 0) is 6.61 Å². The van der Waals surface area contributed by atoms with Crippen LogP contribution in [0.15, 0.2) is 6.20 Å². The third-order valence-corrected chi connectivity index (χ3v) is 0.961. The average Bonchev–Trinajstić information content (AvgIpc) is 2.34. The van der Waals surface area contributed by atoms with Crippen LogP contribution in [0.5, 0.6) is 0 Å². The van der Waals surface area contributed by atoms with E-state index in [0.29, 0.717) is 0 Å². The molecule has 0 spiro atoms. The summed E-state index contributed by atoms with van der Waals surface area (Å²) in [6.07, 6.45) is 1.06. The van der Waals surface area contributed by atoms with Crippen molar-refractivity contribution in [2.24, 2.45) is 0 Å². The van der Waals surface area contributed by atoms with Gasteiger partial charge in [0.2, 0.25) is 5.82 Å². The van der Waals surface area contributed by atoms with Crippen LogP contribution in [0.4, 0.5) is 5.82 Å². The summed E-state index contributed by atoms with van der Waals surface area (Å²) in [5, 5.41) is 18.4. The van der Waals surface area contributed by atoms with Gasteiger partial charge in [0.25, 0.3) is 0 Å². The second kappa shape index (κ2) is 2.44. The van der Waals surface area contributed by atoms with Gasteiger partial charge in [-0.15, -0.1) is 0 Å². The smallest absolute Gasteiger partial charge is 0.340 e. The molecule has 1 heterocycles. The lowest BCUT2D eigenvalue weighted by Gasteiger charge is -1.84. The quantitative estimate of drug-likeness (QED) is 0.443. The van der Waals surface area contributed by atoms with Crippen molar-refractivity contribution in [3.8, 4) is 0 Å². The molecule has 0 aliphatic carbocycles. The molecule has 1 rings (SSSR count). The summed E-state index contributed by atoms with van der Waals surface area (Å²) >= 11 is 0. The predicted octanol–water partition coefficient (Wildman–Crippen LogP) is -0.190. The fraction of sp³-hybridized carbons (Fsp3) is 0.250. The van der Waals surface area contributed by atoms with E-state index in [2.05, 4.69) is 9.97 Å². The molecule has 0 fully saturated rings. The first kappa shape index (κ1) is 6.69. The largest absolute Gasteiger partial charge is 0.386 e. The van der Waals surface area contributed by atoms with Crippen LogP contribution in [0.25, 0.3) is 0 Å². The van der Waals surface area contributed by atoms with E-state index in [0.717, 1.165) is 6.20 Å². The highest BCUT2D eigenvalue weighted by molar-refractivity contribution is 5.14. The van der Waals surface area contributed by atoms with Gasteiger partial charge in [0.05, 0.1) is 0 Å². The molecule has 0 unspecified atom stereocenters. The summed E-state index contributed by atoms with van der Waals surface area (Å²) in [6, 6.07) is 0. The number of aromatic nitrogens is 2. The van der Waals surface area contributed by atoms with Crippen LogP contribution in [0, 0.1) is 10.1 Å². The Labute approximate surface area is 55.7 Å². The number of hydrogen-bond acceptors (Lipinski definition) is 4. The third-order valence-electron chi connectivity index (χ3n) is 0.961. The van der Waals surface area contributed by atoms with Crippen LogP contribution in [0.1, 0.15) is 5.82 Å². The van der Waals surface area contributed by atoms with Gasteiger partial charge in [-0.3, -0.25) is 0 Å². The molecule has 0 bridgehead atoms. The van der Waals surface area contributed by atoms with Crippen LogP contribution >= 0.6 is 0 Å². The van der Waals surface area contributed by atoms with E-state index in [4.69, 9.17) is 5.11 Å². The number of imidazole rings is 1. The molecule has 1 aromatic heterocycles. The van der Waals surface area contributed by atoms with Crippen molar-refractivity contribution < 1.29 is 10.0 Å². The number of aliphatic hydroxyl groups excluding tert-OH is 1. The number of hydrogen-bond donors (Lipinski definition) is 2. The molecule has 10 heavy (non-hydrogen) atoms. The number of aliphatic hydroxyl groups is 1. The fourth-order valence-electron chi connectivity index (χ4n) is 0.525. The van der Waals surface area contributed by atoms with Crippen molar-refractivity contribution in [3.63, 3.8) is 0 Å². The van der Waals surface area contributed by atoms with Gasteiger partial charge >= 0.3 is 5.82 Å². The number of nitrogens with zero attached hydrogens (tertiary/aromatic N) is 2. The maximum absolute atomic E-state index is 9.98. The van der Waals surface area contributed by atoms with Crippen molar-refractivity contribution in [3.05, 3.63) is 22.1 Å². The van der Waals surface area contributed by atoms with Crippen LogP contribution in [0.2, 0.25) is 0 Å². The highest BCUT2D eigenvalue weighted by Crippen LogP contribution is 2.04. The first-order chi connectivity index (χ1) is 4.74. The number of nitro groups is 1. The van der Waals surface area contributed by atoms with Gasteiger partial charge in [-0.2, -0.15) is 0 Å². The molecule has 54 valence electrons. The predicted molar refractivity (Wildman–Crippen MR) is 31.2 cm³/mol. The molecular formula is C4H5N3O3. The molecule has 0 aromatic carbocycles. The minimum absolute atomic E-state index is 0.201. The summed E-state index contributed by atoms with van der Waals surface area (Å²) in [5.74, 6) is -0.00394. The molecule has 1 aromatic rings. The zero-order valence-corrected chi connectivity index (χ0v) is 4.94. The summed E-state index contributed by atoms with van der Waals surface area (Å²) in [4.78, 5) is 15.2. The van der Waals surface area contributed by atoms with E-state index in [9.17, 15) is 10.1 Å². The Balaban J connectivity index is 2.88. The number of H-pyrrole nitrogens is 1. The molecule has 0 atom stereocenters. The summed E-state index contributed by atoms with van der Waals surface area (Å²) in [7, 11) is 0. The van der Waals surface area contributed by atoms with Crippen molar-refractivity contribution in [2.75, 3.05) is 0 Å². The second-order valence-corrected chi connectivity index (χ2v) is 1.63. The van der Waals surface area contributed by atoms with Crippen molar-refractivity contribution in [1.82, 2.24) is 9.97 Å². The molecule has 2 N–H and O–H groups in total. The Hall–Kier alpha value is -1.43. The van der Waals surface area contributed by atoms with E-state index in [1.807, 2.05) is 0 Å². The lowest BCUT2D eigenvalue weighted by atomic mass is 10.7. The lowest BCUT2D eigenvalue weighted by molar-refractivity contribution is -0.389. The molecule has 0 radical (unpaired) electrons. The molecule has 0 aliphatic rings. The molecule has 6 heteroatoms. The number of nitrogens with one attached hydrogen (secondary N) is 1. The second-order valence-electron chi connectivity index (χ2n) is 1.63. The fourth-order valence-corrected chi connectivity index (χ4v) is 0.525. The monoisotopic (exact) mass is 143 g/mol.